The van der Waals surface area contributed by atoms with E-state index in [1.807, 2.05) is 34.2 Å². The first-order chi connectivity index (χ1) is 15.6. The van der Waals surface area contributed by atoms with Crippen LogP contribution in [0.5, 0.6) is 0 Å². The Bertz CT molecular complexity index is 1230. The summed E-state index contributed by atoms with van der Waals surface area (Å²) in [5.41, 5.74) is 4.12. The lowest BCUT2D eigenvalue weighted by atomic mass is 10.1. The molecule has 0 bridgehead atoms. The number of hydrogen-bond donors (Lipinski definition) is 1. The number of hydrogen-bond acceptors (Lipinski definition) is 3. The molecule has 6 nitrogen and oxygen atoms in total. The van der Waals surface area contributed by atoms with Crippen LogP contribution in [-0.4, -0.2) is 43.4 Å². The van der Waals surface area contributed by atoms with E-state index in [0.717, 1.165) is 47.1 Å². The van der Waals surface area contributed by atoms with E-state index in [1.54, 1.807) is 6.07 Å². The third-order valence-corrected chi connectivity index (χ3v) is 6.40. The first-order valence-electron chi connectivity index (χ1n) is 11.1. The summed E-state index contributed by atoms with van der Waals surface area (Å²) in [6.45, 7) is 3.63. The van der Waals surface area contributed by atoms with Crippen LogP contribution in [-0.2, 0) is 17.8 Å². The van der Waals surface area contributed by atoms with Gasteiger partial charge < -0.3 is 4.90 Å². The Morgan fingerprint density at radius 3 is 2.91 bits per heavy atom. The number of aromatic amines is 1. The summed E-state index contributed by atoms with van der Waals surface area (Å²) in [6, 6.07) is 13.0. The first-order valence-corrected chi connectivity index (χ1v) is 11.1. The fourth-order valence-corrected chi connectivity index (χ4v) is 4.77. The number of carbonyl (C=O) groups is 1. The van der Waals surface area contributed by atoms with Gasteiger partial charge >= 0.3 is 0 Å². The van der Waals surface area contributed by atoms with Gasteiger partial charge in [0.2, 0.25) is 5.91 Å². The molecule has 2 aromatic carbocycles. The minimum absolute atomic E-state index is 0.138. The molecule has 1 aliphatic heterocycles. The van der Waals surface area contributed by atoms with Crippen LogP contribution in [0.15, 0.2) is 61.1 Å². The Morgan fingerprint density at radius 1 is 1.19 bits per heavy atom. The summed E-state index contributed by atoms with van der Waals surface area (Å²) < 4.78 is 15.4. The molecule has 4 aromatic rings. The van der Waals surface area contributed by atoms with Crippen molar-refractivity contribution in [2.24, 2.45) is 5.92 Å². The molecule has 0 radical (unpaired) electrons. The number of aromatic nitrogens is 4. The summed E-state index contributed by atoms with van der Waals surface area (Å²) in [7, 11) is 0. The van der Waals surface area contributed by atoms with Crippen molar-refractivity contribution in [3.05, 3.63) is 72.4 Å². The van der Waals surface area contributed by atoms with E-state index in [9.17, 15) is 9.18 Å². The molecule has 0 aliphatic carbocycles. The Morgan fingerprint density at radius 2 is 2.09 bits per heavy atom. The molecule has 164 valence electrons. The lowest BCUT2D eigenvalue weighted by Crippen LogP contribution is -2.34. The molecular formula is C25H26FN5O. The van der Waals surface area contributed by atoms with Crippen molar-refractivity contribution in [3.63, 3.8) is 0 Å². The van der Waals surface area contributed by atoms with Crippen LogP contribution in [0.4, 0.5) is 4.39 Å². The van der Waals surface area contributed by atoms with Crippen molar-refractivity contribution in [3.8, 4) is 11.1 Å². The fraction of sp³-hybridized carbons (Fsp3) is 0.320. The lowest BCUT2D eigenvalue weighted by molar-refractivity contribution is -0.131. The second-order valence-electron chi connectivity index (χ2n) is 8.71. The van der Waals surface area contributed by atoms with Gasteiger partial charge in [0.25, 0.3) is 0 Å². The van der Waals surface area contributed by atoms with Gasteiger partial charge in [0.1, 0.15) is 5.82 Å². The summed E-state index contributed by atoms with van der Waals surface area (Å²) in [6.07, 6.45) is 7.52. The molecule has 5 rings (SSSR count). The van der Waals surface area contributed by atoms with Crippen molar-refractivity contribution in [2.45, 2.75) is 38.8 Å². The van der Waals surface area contributed by atoms with E-state index in [0.29, 0.717) is 18.8 Å². The minimum atomic E-state index is -0.257. The number of benzene rings is 2. The van der Waals surface area contributed by atoms with Gasteiger partial charge in [0.05, 0.1) is 17.9 Å². The molecule has 1 fully saturated rings. The molecule has 1 aliphatic rings. The van der Waals surface area contributed by atoms with Crippen LogP contribution >= 0.6 is 0 Å². The summed E-state index contributed by atoms with van der Waals surface area (Å²) >= 11 is 0. The van der Waals surface area contributed by atoms with E-state index in [1.165, 1.54) is 12.1 Å². The molecule has 32 heavy (non-hydrogen) atoms. The normalized spacial score (nSPS) is 18.5. The maximum absolute atomic E-state index is 13.4. The van der Waals surface area contributed by atoms with Gasteiger partial charge in [-0.2, -0.15) is 10.2 Å². The zero-order valence-corrected chi connectivity index (χ0v) is 18.0. The SMILES string of the molecule is C[C@@H]1C[C@@H](Cn2ncc3cc(-c4cn[nH]c4)ccc32)CN1C(=O)CCc1cccc(F)c1. The maximum Gasteiger partial charge on any atom is 0.223 e. The van der Waals surface area contributed by atoms with Gasteiger partial charge in [-0.15, -0.1) is 0 Å². The van der Waals surface area contributed by atoms with Crippen molar-refractivity contribution in [1.82, 2.24) is 24.9 Å². The highest BCUT2D eigenvalue weighted by atomic mass is 19.1. The standard InChI is InChI=1S/C25H26FN5O/c1-17-9-19(15-30(17)25(32)8-5-18-3-2-4-23(26)10-18)16-31-24-7-6-20(11-21(24)14-29-31)22-12-27-28-13-22/h2-4,6-7,10-14,17,19H,5,8-9,15-16H2,1H3,(H,27,28)/t17-,19-/m1/s1. The Labute approximate surface area is 186 Å². The van der Waals surface area contributed by atoms with Crippen LogP contribution in [0.3, 0.4) is 0 Å². The second-order valence-corrected chi connectivity index (χ2v) is 8.71. The molecule has 3 heterocycles. The topological polar surface area (TPSA) is 66.8 Å². The van der Waals surface area contributed by atoms with E-state index in [2.05, 4.69) is 40.4 Å². The van der Waals surface area contributed by atoms with E-state index >= 15 is 0 Å². The van der Waals surface area contributed by atoms with Gasteiger partial charge in [-0.05, 0) is 61.1 Å². The van der Waals surface area contributed by atoms with Gasteiger partial charge in [-0.25, -0.2) is 4.39 Å². The number of likely N-dealkylation sites (tertiary alicyclic amines) is 1. The molecule has 0 saturated carbocycles. The summed E-state index contributed by atoms with van der Waals surface area (Å²) in [5, 5.41) is 12.6. The molecule has 2 aromatic heterocycles. The Kier molecular flexibility index (Phi) is 5.47. The van der Waals surface area contributed by atoms with Crippen molar-refractivity contribution < 1.29 is 9.18 Å². The molecular weight excluding hydrogens is 405 g/mol. The van der Waals surface area contributed by atoms with E-state index in [-0.39, 0.29) is 17.8 Å². The quantitative estimate of drug-likeness (QED) is 0.491. The van der Waals surface area contributed by atoms with Crippen LogP contribution in [0.2, 0.25) is 0 Å². The van der Waals surface area contributed by atoms with Crippen LogP contribution in [0, 0.1) is 11.7 Å². The Balaban J connectivity index is 1.23. The number of carbonyl (C=O) groups excluding carboxylic acids is 1. The molecule has 1 amide bonds. The third-order valence-electron chi connectivity index (χ3n) is 6.40. The highest BCUT2D eigenvalue weighted by Gasteiger charge is 2.32. The van der Waals surface area contributed by atoms with Crippen LogP contribution in [0.1, 0.15) is 25.3 Å². The zero-order chi connectivity index (χ0) is 22.1. The molecule has 0 unspecified atom stereocenters. The fourth-order valence-electron chi connectivity index (χ4n) is 4.77. The number of aryl methyl sites for hydroxylation is 1. The minimum Gasteiger partial charge on any atom is -0.340 e. The lowest BCUT2D eigenvalue weighted by Gasteiger charge is -2.21. The third kappa shape index (κ3) is 4.15. The average Bonchev–Trinajstić information content (AvgIpc) is 3.53. The largest absolute Gasteiger partial charge is 0.340 e. The Hall–Kier alpha value is -3.48. The number of halogens is 1. The highest BCUT2D eigenvalue weighted by Crippen LogP contribution is 2.28. The predicted molar refractivity (Wildman–Crippen MR) is 121 cm³/mol. The van der Waals surface area contributed by atoms with Gasteiger partial charge in [0, 0.05) is 42.7 Å². The smallest absolute Gasteiger partial charge is 0.223 e. The van der Waals surface area contributed by atoms with Gasteiger partial charge in [0.15, 0.2) is 0 Å². The summed E-state index contributed by atoms with van der Waals surface area (Å²) in [4.78, 5) is 14.8. The molecule has 1 saturated heterocycles. The maximum atomic E-state index is 13.4. The van der Waals surface area contributed by atoms with E-state index in [4.69, 9.17) is 0 Å². The molecule has 2 atom stereocenters. The number of fused-ring (bicyclic) bond motifs is 1. The highest BCUT2D eigenvalue weighted by molar-refractivity contribution is 5.84. The molecule has 1 N–H and O–H groups in total. The summed E-state index contributed by atoms with van der Waals surface area (Å²) in [5.74, 6) is 0.243. The van der Waals surface area contributed by atoms with Gasteiger partial charge in [-0.3, -0.25) is 14.6 Å². The molecule has 7 heteroatoms. The first kappa shape index (κ1) is 20.4. The number of H-pyrrole nitrogens is 1. The average molecular weight is 432 g/mol. The van der Waals surface area contributed by atoms with Crippen LogP contribution < -0.4 is 0 Å². The number of amides is 1. The van der Waals surface area contributed by atoms with Crippen LogP contribution in [0.25, 0.3) is 22.0 Å². The number of nitrogens with zero attached hydrogens (tertiary/aromatic N) is 4. The van der Waals surface area contributed by atoms with Crippen molar-refractivity contribution in [1.29, 1.82) is 0 Å². The monoisotopic (exact) mass is 431 g/mol. The molecule has 0 spiro atoms. The second kappa shape index (κ2) is 8.57. The van der Waals surface area contributed by atoms with Crippen molar-refractivity contribution in [2.75, 3.05) is 6.54 Å². The zero-order valence-electron chi connectivity index (χ0n) is 18.0. The van der Waals surface area contributed by atoms with Crippen molar-refractivity contribution >= 4 is 16.8 Å². The predicted octanol–water partition coefficient (Wildman–Crippen LogP) is 4.44. The number of rotatable bonds is 6. The van der Waals surface area contributed by atoms with E-state index < -0.39 is 0 Å². The number of nitrogens with one attached hydrogen (secondary N) is 1. The van der Waals surface area contributed by atoms with Gasteiger partial charge in [-0.1, -0.05) is 18.2 Å².